The van der Waals surface area contributed by atoms with Crippen LogP contribution in [0.1, 0.15) is 41.4 Å². The number of rotatable bonds is 4. The maximum absolute atomic E-state index is 13.7. The Morgan fingerprint density at radius 2 is 2.15 bits per heavy atom. The van der Waals surface area contributed by atoms with E-state index in [-0.39, 0.29) is 23.9 Å². The highest BCUT2D eigenvalue weighted by atomic mass is 19.1. The molecule has 4 rings (SSSR count). The maximum Gasteiger partial charge on any atom is 0.254 e. The van der Waals surface area contributed by atoms with Crippen LogP contribution >= 0.6 is 0 Å². The molecule has 9 heteroatoms. The number of carbonyl (C=O) groups is 2. The Bertz CT molecular complexity index is 916. The van der Waals surface area contributed by atoms with Crippen molar-refractivity contribution in [2.45, 2.75) is 31.7 Å². The van der Waals surface area contributed by atoms with Gasteiger partial charge in [-0.1, -0.05) is 0 Å². The number of hydrogen-bond donors (Lipinski definition) is 1. The Morgan fingerprint density at radius 1 is 1.33 bits per heavy atom. The van der Waals surface area contributed by atoms with E-state index in [1.54, 1.807) is 11.8 Å². The maximum atomic E-state index is 13.7. The Hall–Kier alpha value is -2.84. The molecule has 1 aromatic heterocycles. The molecule has 1 aliphatic heterocycles. The van der Waals surface area contributed by atoms with Crippen molar-refractivity contribution in [3.05, 3.63) is 47.2 Å². The molecule has 0 unspecified atom stereocenters. The third-order valence-corrected chi connectivity index (χ3v) is 5.51. The molecular formula is C18H18F2N4O3. The third kappa shape index (κ3) is 2.77. The third-order valence-electron chi connectivity index (χ3n) is 5.51. The molecule has 7 nitrogen and oxygen atoms in total. The molecule has 1 saturated heterocycles. The lowest BCUT2D eigenvalue weighted by molar-refractivity contribution is -0.141. The molecule has 0 bridgehead atoms. The minimum absolute atomic E-state index is 0.256. The second-order valence-corrected chi connectivity index (χ2v) is 6.93. The summed E-state index contributed by atoms with van der Waals surface area (Å²) in [4.78, 5) is 26.6. The quantitative estimate of drug-likeness (QED) is 0.881. The lowest BCUT2D eigenvalue weighted by atomic mass is 9.67. The van der Waals surface area contributed by atoms with Crippen molar-refractivity contribution in [3.63, 3.8) is 0 Å². The molecule has 2 amide bonds. The molecule has 2 heterocycles. The van der Waals surface area contributed by atoms with E-state index in [0.717, 1.165) is 31.4 Å². The van der Waals surface area contributed by atoms with E-state index >= 15 is 0 Å². The Kier molecular flexibility index (Phi) is 4.16. The molecule has 1 aliphatic carbocycles. The SMILES string of the molecule is Cc1nnc([C@]23CC[C@H]2CCN3C(=O)CNC(=O)c2ccc(F)cc2F)o1. The van der Waals surface area contributed by atoms with Crippen molar-refractivity contribution < 1.29 is 22.8 Å². The number of hydrogen-bond acceptors (Lipinski definition) is 5. The van der Waals surface area contributed by atoms with Gasteiger partial charge in [-0.2, -0.15) is 0 Å². The molecule has 1 aromatic carbocycles. The van der Waals surface area contributed by atoms with Crippen LogP contribution in [0.2, 0.25) is 0 Å². The number of nitrogens with zero attached hydrogens (tertiary/aromatic N) is 3. The van der Waals surface area contributed by atoms with Crippen LogP contribution in [0.25, 0.3) is 0 Å². The summed E-state index contributed by atoms with van der Waals surface area (Å²) < 4.78 is 32.3. The van der Waals surface area contributed by atoms with E-state index < -0.39 is 23.1 Å². The number of halogens is 2. The normalized spacial score (nSPS) is 23.7. The second kappa shape index (κ2) is 6.40. The van der Waals surface area contributed by atoms with E-state index in [2.05, 4.69) is 15.5 Å². The van der Waals surface area contributed by atoms with Gasteiger partial charge in [0.05, 0.1) is 12.1 Å². The van der Waals surface area contributed by atoms with Gasteiger partial charge in [-0.05, 0) is 37.3 Å². The van der Waals surface area contributed by atoms with Crippen molar-refractivity contribution in [3.8, 4) is 0 Å². The summed E-state index contributed by atoms with van der Waals surface area (Å²) in [7, 11) is 0. The largest absolute Gasteiger partial charge is 0.423 e. The zero-order valence-electron chi connectivity index (χ0n) is 14.7. The van der Waals surface area contributed by atoms with Crippen LogP contribution in [0.3, 0.4) is 0 Å². The van der Waals surface area contributed by atoms with E-state index in [0.29, 0.717) is 24.4 Å². The minimum atomic E-state index is -0.974. The first-order chi connectivity index (χ1) is 12.9. The fourth-order valence-corrected chi connectivity index (χ4v) is 4.08. The highest BCUT2D eigenvalue weighted by Crippen LogP contribution is 2.56. The molecule has 2 atom stereocenters. The molecule has 0 radical (unpaired) electrons. The first-order valence-corrected chi connectivity index (χ1v) is 8.76. The summed E-state index contributed by atoms with van der Waals surface area (Å²) in [5.41, 5.74) is -0.918. The van der Waals surface area contributed by atoms with Gasteiger partial charge in [-0.25, -0.2) is 8.78 Å². The summed E-state index contributed by atoms with van der Waals surface area (Å²) in [6.07, 6.45) is 2.53. The van der Waals surface area contributed by atoms with Gasteiger partial charge in [-0.15, -0.1) is 10.2 Å². The number of aryl methyl sites for hydroxylation is 1. The molecule has 27 heavy (non-hydrogen) atoms. The van der Waals surface area contributed by atoms with Crippen LogP contribution < -0.4 is 5.32 Å². The average molecular weight is 376 g/mol. The van der Waals surface area contributed by atoms with Crippen LogP contribution in [-0.4, -0.2) is 40.0 Å². The molecule has 1 saturated carbocycles. The zero-order valence-corrected chi connectivity index (χ0v) is 14.7. The lowest BCUT2D eigenvalue weighted by Crippen LogP contribution is -2.55. The fraction of sp³-hybridized carbons (Fsp3) is 0.444. The zero-order chi connectivity index (χ0) is 19.2. The van der Waals surface area contributed by atoms with Gasteiger partial charge >= 0.3 is 0 Å². The Labute approximate surface area is 153 Å². The summed E-state index contributed by atoms with van der Waals surface area (Å²) in [5, 5.41) is 10.4. The van der Waals surface area contributed by atoms with Crippen molar-refractivity contribution in [1.82, 2.24) is 20.4 Å². The Morgan fingerprint density at radius 3 is 2.78 bits per heavy atom. The molecule has 0 spiro atoms. The lowest BCUT2D eigenvalue weighted by Gasteiger charge is -2.47. The van der Waals surface area contributed by atoms with Gasteiger partial charge in [-0.3, -0.25) is 9.59 Å². The molecule has 1 N–H and O–H groups in total. The monoisotopic (exact) mass is 376 g/mol. The number of aromatic nitrogens is 2. The van der Waals surface area contributed by atoms with E-state index in [4.69, 9.17) is 4.42 Å². The number of amides is 2. The topological polar surface area (TPSA) is 88.3 Å². The van der Waals surface area contributed by atoms with Gasteiger partial charge in [0, 0.05) is 19.5 Å². The molecule has 2 aliphatic rings. The van der Waals surface area contributed by atoms with Gasteiger partial charge in [0.1, 0.15) is 17.2 Å². The molecule has 2 fully saturated rings. The van der Waals surface area contributed by atoms with Crippen LogP contribution in [0.4, 0.5) is 8.78 Å². The van der Waals surface area contributed by atoms with Gasteiger partial charge in [0.2, 0.25) is 17.7 Å². The first kappa shape index (κ1) is 17.6. The highest BCUT2D eigenvalue weighted by Gasteiger charge is 2.60. The van der Waals surface area contributed by atoms with Crippen LogP contribution in [-0.2, 0) is 10.3 Å². The van der Waals surface area contributed by atoms with Crippen LogP contribution in [0.15, 0.2) is 22.6 Å². The van der Waals surface area contributed by atoms with Gasteiger partial charge < -0.3 is 14.6 Å². The molecule has 2 aromatic rings. The predicted octanol–water partition coefficient (Wildman–Crippen LogP) is 1.92. The highest BCUT2D eigenvalue weighted by molar-refractivity contribution is 5.96. The van der Waals surface area contributed by atoms with Crippen molar-refractivity contribution in [2.75, 3.05) is 13.1 Å². The first-order valence-electron chi connectivity index (χ1n) is 8.76. The summed E-state index contributed by atoms with van der Waals surface area (Å²) in [5.74, 6) is -1.70. The number of fused-ring (bicyclic) bond motifs is 1. The van der Waals surface area contributed by atoms with Crippen molar-refractivity contribution in [1.29, 1.82) is 0 Å². The summed E-state index contributed by atoms with van der Waals surface area (Å²) >= 11 is 0. The number of benzene rings is 1. The average Bonchev–Trinajstić information content (AvgIpc) is 3.14. The van der Waals surface area contributed by atoms with E-state index in [1.165, 1.54) is 0 Å². The van der Waals surface area contributed by atoms with E-state index in [9.17, 15) is 18.4 Å². The predicted molar refractivity (Wildman–Crippen MR) is 88.5 cm³/mol. The van der Waals surface area contributed by atoms with Gasteiger partial charge in [0.15, 0.2) is 0 Å². The Balaban J connectivity index is 1.47. The number of carbonyl (C=O) groups excluding carboxylic acids is 2. The minimum Gasteiger partial charge on any atom is -0.423 e. The van der Waals surface area contributed by atoms with Crippen LogP contribution in [0.5, 0.6) is 0 Å². The smallest absolute Gasteiger partial charge is 0.254 e. The van der Waals surface area contributed by atoms with Crippen LogP contribution in [0, 0.1) is 24.5 Å². The fourth-order valence-electron chi connectivity index (χ4n) is 4.08. The standard InChI is InChI=1S/C18H18F2N4O3/c1-10-22-23-17(27-10)18-6-4-11(18)5-7-24(18)15(25)9-21-16(26)13-3-2-12(19)8-14(13)20/h2-3,8,11H,4-7,9H2,1H3,(H,21,26)/t11-,18-/m0/s1. The number of nitrogens with one attached hydrogen (secondary N) is 1. The number of likely N-dealkylation sites (tertiary alicyclic amines) is 1. The van der Waals surface area contributed by atoms with Crippen molar-refractivity contribution >= 4 is 11.8 Å². The van der Waals surface area contributed by atoms with E-state index in [1.807, 2.05) is 0 Å². The molecule has 142 valence electrons. The summed E-state index contributed by atoms with van der Waals surface area (Å²) in [6.45, 7) is 1.93. The summed E-state index contributed by atoms with van der Waals surface area (Å²) in [6, 6.07) is 2.67. The van der Waals surface area contributed by atoms with Gasteiger partial charge in [0.25, 0.3) is 5.91 Å². The second-order valence-electron chi connectivity index (χ2n) is 6.93. The molecular weight excluding hydrogens is 358 g/mol. The van der Waals surface area contributed by atoms with Crippen molar-refractivity contribution in [2.24, 2.45) is 5.92 Å².